The van der Waals surface area contributed by atoms with Crippen molar-refractivity contribution in [1.29, 1.82) is 0 Å². The number of hydrogen-bond acceptors (Lipinski definition) is 9. The summed E-state index contributed by atoms with van der Waals surface area (Å²) in [6.07, 6.45) is 32.4. The number of fused-ring (bicyclic) bond motifs is 1. The normalized spacial score (nSPS) is 25.2. The molecule has 4 saturated carbocycles. The van der Waals surface area contributed by atoms with Crippen molar-refractivity contribution in [2.45, 2.75) is 424 Å². The standard InChI is InChI=1S/C13H25N.C12H25N.C11H15Cl.2C11H23N.2C9H19NO.C7H17N/c1-13(2,3)14-10-6-8-11-7-4-5-9-12(11)14;1-5-13(12(2,3)4)11-9-7-6-8-10-11;1-11(2,3)8-9-6-4-5-7-10(9)12;1-9-6-5-7-10(8-9)12-11(2,3)4;1-9-7-5-6-8-10(9)12-11(2,3)4;1-9(2,3)10-6-8-4-5-11-7-8;1-9(2,3)10-7-8-5-4-6-11-8;1-6(2)8-7(3,4)5/h11-12H,4-10H2,1-3H3;11H,5-10H2,1-4H3;4-7H,8H2,1-3H3;2*9-10,12H,5-8H2,1-4H3;2*8,10H,4-7H2,1-3H3;6,8H,1-5H3. The van der Waals surface area contributed by atoms with Gasteiger partial charge in [-0.05, 0) is 289 Å². The third-order valence-corrected chi connectivity index (χ3v) is 19.2. The number of ether oxygens (including phenoxy) is 2. The van der Waals surface area contributed by atoms with E-state index < -0.39 is 0 Å². The number of rotatable bonds is 10. The van der Waals surface area contributed by atoms with E-state index in [9.17, 15) is 0 Å². The molecular weight excluding hydrogens is 1160 g/mol. The predicted molar refractivity (Wildman–Crippen MR) is 415 cm³/mol. The maximum absolute atomic E-state index is 6.03. The maximum atomic E-state index is 6.03. The van der Waals surface area contributed by atoms with E-state index in [1.54, 1.807) is 0 Å². The van der Waals surface area contributed by atoms with Crippen molar-refractivity contribution in [3.05, 3.63) is 34.9 Å². The summed E-state index contributed by atoms with van der Waals surface area (Å²) < 4.78 is 10.8. The minimum atomic E-state index is 0.228. The van der Waals surface area contributed by atoms with E-state index >= 15 is 0 Å². The zero-order chi connectivity index (χ0) is 71.1. The third kappa shape index (κ3) is 47.0. The van der Waals surface area contributed by atoms with Gasteiger partial charge in [0.15, 0.2) is 0 Å². The number of piperidine rings is 1. The van der Waals surface area contributed by atoms with Crippen LogP contribution in [0.2, 0.25) is 5.02 Å². The fraction of sp³-hybridized carbons (Fsp3) is 0.928. The monoisotopic (exact) mass is 1330 g/mol. The van der Waals surface area contributed by atoms with Crippen LogP contribution < -0.4 is 26.6 Å². The summed E-state index contributed by atoms with van der Waals surface area (Å²) in [5.41, 5.74) is 3.63. The van der Waals surface area contributed by atoms with E-state index in [1.807, 2.05) is 18.2 Å². The van der Waals surface area contributed by atoms with Crippen LogP contribution in [0.1, 0.15) is 348 Å². The molecule has 0 spiro atoms. The number of likely N-dealkylation sites (tertiary alicyclic amines) is 1. The summed E-state index contributed by atoms with van der Waals surface area (Å²) >= 11 is 6.03. The lowest BCUT2D eigenvalue weighted by Crippen LogP contribution is -2.54. The number of benzene rings is 1. The maximum Gasteiger partial charge on any atom is 0.0700 e. The molecule has 7 fully saturated rings. The highest BCUT2D eigenvalue weighted by molar-refractivity contribution is 6.31. The van der Waals surface area contributed by atoms with Crippen LogP contribution in [0, 0.1) is 29.1 Å². The second kappa shape index (κ2) is 43.7. The zero-order valence-corrected chi connectivity index (χ0v) is 68.6. The first-order chi connectivity index (χ1) is 42.7. The van der Waals surface area contributed by atoms with Crippen LogP contribution in [0.5, 0.6) is 0 Å². The van der Waals surface area contributed by atoms with Gasteiger partial charge >= 0.3 is 0 Å². The summed E-state index contributed by atoms with van der Waals surface area (Å²) in [5.74, 6) is 3.57. The van der Waals surface area contributed by atoms with Crippen molar-refractivity contribution < 1.29 is 9.47 Å². The molecule has 0 aromatic heterocycles. The van der Waals surface area contributed by atoms with Crippen LogP contribution in [-0.4, -0.2) is 131 Å². The minimum Gasteiger partial charge on any atom is -0.381 e. The lowest BCUT2D eigenvalue weighted by atomic mass is 9.76. The van der Waals surface area contributed by atoms with Crippen molar-refractivity contribution in [3.63, 3.8) is 0 Å². The van der Waals surface area contributed by atoms with Crippen LogP contribution in [0.15, 0.2) is 24.3 Å². The second-order valence-electron chi connectivity index (χ2n) is 38.5. The van der Waals surface area contributed by atoms with Crippen LogP contribution in [0.25, 0.3) is 0 Å². The fourth-order valence-corrected chi connectivity index (χ4v) is 15.1. The predicted octanol–water partition coefficient (Wildman–Crippen LogP) is 21.5. The van der Waals surface area contributed by atoms with Crippen LogP contribution >= 0.6 is 11.6 Å². The molecule has 8 unspecified atom stereocenters. The van der Waals surface area contributed by atoms with Gasteiger partial charge in [0.25, 0.3) is 0 Å². The second-order valence-corrected chi connectivity index (χ2v) is 38.9. The Bertz CT molecular complexity index is 1960. The largest absolute Gasteiger partial charge is 0.381 e. The highest BCUT2D eigenvalue weighted by Gasteiger charge is 2.38. The highest BCUT2D eigenvalue weighted by atomic mass is 35.5. The Hall–Kier alpha value is -0.850. The molecule has 0 amide bonds. The molecule has 1 aromatic rings. The molecule has 3 heterocycles. The summed E-state index contributed by atoms with van der Waals surface area (Å²) in [7, 11) is 0. The van der Waals surface area contributed by atoms with Gasteiger partial charge in [-0.15, -0.1) is 0 Å². The molecule has 7 aliphatic rings. The molecule has 8 rings (SSSR count). The molecule has 3 aliphatic heterocycles. The quantitative estimate of drug-likeness (QED) is 0.157. The molecule has 10 heteroatoms. The van der Waals surface area contributed by atoms with Crippen molar-refractivity contribution in [2.75, 3.05) is 46.0 Å². The lowest BCUT2D eigenvalue weighted by molar-refractivity contribution is -0.00454. The number of hydrogen-bond donors (Lipinski definition) is 5. The average Bonchev–Trinajstić information content (AvgIpc) is 1.25. The molecule has 0 radical (unpaired) electrons. The number of halogens is 1. The van der Waals surface area contributed by atoms with E-state index in [2.05, 4.69) is 243 Å². The van der Waals surface area contributed by atoms with Crippen molar-refractivity contribution in [2.24, 2.45) is 29.1 Å². The average molecular weight is 1330 g/mol. The van der Waals surface area contributed by atoms with E-state index in [0.29, 0.717) is 34.2 Å². The van der Waals surface area contributed by atoms with E-state index in [1.165, 1.54) is 160 Å². The van der Waals surface area contributed by atoms with Gasteiger partial charge in [0.1, 0.15) is 0 Å². The Labute approximate surface area is 587 Å². The van der Waals surface area contributed by atoms with Gasteiger partial charge in [0.05, 0.1) is 12.7 Å². The van der Waals surface area contributed by atoms with Gasteiger partial charge in [0.2, 0.25) is 0 Å². The molecule has 8 atom stereocenters. The minimum absolute atomic E-state index is 0.228. The molecule has 9 nitrogen and oxygen atoms in total. The van der Waals surface area contributed by atoms with Gasteiger partial charge in [-0.3, -0.25) is 9.80 Å². The number of nitrogens with zero attached hydrogens (tertiary/aromatic N) is 2. The van der Waals surface area contributed by atoms with Crippen LogP contribution in [-0.2, 0) is 15.9 Å². The topological polar surface area (TPSA) is 85.1 Å². The van der Waals surface area contributed by atoms with Crippen molar-refractivity contribution in [1.82, 2.24) is 36.4 Å². The molecule has 3 saturated heterocycles. The van der Waals surface area contributed by atoms with Gasteiger partial charge in [-0.1, -0.05) is 143 Å². The highest BCUT2D eigenvalue weighted by Crippen LogP contribution is 2.39. The van der Waals surface area contributed by atoms with Gasteiger partial charge in [-0.2, -0.15) is 0 Å². The first-order valence-electron chi connectivity index (χ1n) is 39.0. The van der Waals surface area contributed by atoms with E-state index in [0.717, 1.165) is 92.2 Å². The molecule has 4 aliphatic carbocycles. The fourth-order valence-electron chi connectivity index (χ4n) is 14.9. The molecule has 93 heavy (non-hydrogen) atoms. The summed E-state index contributed by atoms with van der Waals surface area (Å²) in [6.45, 7) is 72.9. The Morgan fingerprint density at radius 3 is 1.58 bits per heavy atom. The lowest BCUT2D eigenvalue weighted by Gasteiger charge is -2.50. The van der Waals surface area contributed by atoms with Crippen molar-refractivity contribution >= 4 is 11.6 Å². The van der Waals surface area contributed by atoms with E-state index in [4.69, 9.17) is 21.1 Å². The van der Waals surface area contributed by atoms with Gasteiger partial charge < -0.3 is 36.1 Å². The summed E-state index contributed by atoms with van der Waals surface area (Å²) in [4.78, 5) is 5.45. The SMILES string of the molecule is CC(C)(C)Cc1ccccc1Cl.CC(C)(C)N1CCCC2CCCCC21.CC(C)(C)NCC1CCCO1.CC(C)(C)NCC1CCOC1.CC(C)NC(C)(C)C.CC1CCCC(NC(C)(C)C)C1.CC1CCCCC1NC(C)(C)C.CCN(C1CCCCC1)C(C)(C)C. The van der Waals surface area contributed by atoms with Gasteiger partial charge in [0, 0.05) is 100 Å². The first-order valence-corrected chi connectivity index (χ1v) is 39.3. The zero-order valence-electron chi connectivity index (χ0n) is 67.9. The summed E-state index contributed by atoms with van der Waals surface area (Å²) in [5, 5.41) is 18.6. The molecule has 1 aromatic carbocycles. The third-order valence-electron chi connectivity index (χ3n) is 18.9. The van der Waals surface area contributed by atoms with Crippen molar-refractivity contribution in [3.8, 4) is 0 Å². The smallest absolute Gasteiger partial charge is 0.0700 e. The molecule has 552 valence electrons. The summed E-state index contributed by atoms with van der Waals surface area (Å²) in [6, 6.07) is 11.9. The van der Waals surface area contributed by atoms with Gasteiger partial charge in [-0.25, -0.2) is 0 Å². The molecular formula is C83H166ClN7O2. The Morgan fingerprint density at radius 1 is 0.559 bits per heavy atom. The Kier molecular flexibility index (Phi) is 42.4. The van der Waals surface area contributed by atoms with Crippen LogP contribution in [0.3, 0.4) is 0 Å². The van der Waals surface area contributed by atoms with E-state index in [-0.39, 0.29) is 22.2 Å². The molecule has 5 N–H and O–H groups in total. The Morgan fingerprint density at radius 2 is 1.12 bits per heavy atom. The first kappa shape index (κ1) is 90.2. The van der Waals surface area contributed by atoms with Crippen LogP contribution in [0.4, 0.5) is 0 Å². The molecule has 0 bridgehead atoms. The number of nitrogens with one attached hydrogen (secondary N) is 5. The Balaban J connectivity index is 0.000000534.